The zero-order valence-electron chi connectivity index (χ0n) is 25.0. The van der Waals surface area contributed by atoms with Crippen LogP contribution in [0.5, 0.6) is 0 Å². The number of aliphatic hydroxyl groups is 2. The first-order chi connectivity index (χ1) is 15.8. The molecule has 0 fully saturated rings. The van der Waals surface area contributed by atoms with E-state index in [1.165, 1.54) is 0 Å². The largest absolute Gasteiger partial charge is 0.388 e. The molecule has 2 unspecified atom stereocenters. The first kappa shape index (κ1) is 33.9. The third-order valence-electron chi connectivity index (χ3n) is 7.22. The fourth-order valence-electron chi connectivity index (χ4n) is 5.60. The Morgan fingerprint density at radius 3 is 0.971 bits per heavy atom. The average Bonchev–Trinajstić information content (AvgIpc) is 2.68. The minimum absolute atomic E-state index is 0.405. The monoisotopic (exact) mass is 498 g/mol. The summed E-state index contributed by atoms with van der Waals surface area (Å²) in [5.74, 6) is -0.828. The number of hydrogen-bond donors (Lipinski definition) is 4. The highest BCUT2D eigenvalue weighted by molar-refractivity contribution is 6.04. The van der Waals surface area contributed by atoms with E-state index in [0.29, 0.717) is 25.7 Å². The predicted molar refractivity (Wildman–Crippen MR) is 146 cm³/mol. The molecule has 4 N–H and O–H groups in total. The Hall–Kier alpha value is -1.14. The van der Waals surface area contributed by atoms with Gasteiger partial charge in [-0.2, -0.15) is 0 Å². The molecule has 35 heavy (non-hydrogen) atoms. The summed E-state index contributed by atoms with van der Waals surface area (Å²) >= 11 is 0. The topological polar surface area (TPSA) is 98.7 Å². The van der Waals surface area contributed by atoms with Crippen molar-refractivity contribution < 1.29 is 19.8 Å². The Kier molecular flexibility index (Phi) is 12.5. The lowest BCUT2D eigenvalue weighted by atomic mass is 9.71. The van der Waals surface area contributed by atoms with Crippen LogP contribution in [-0.4, -0.2) is 45.3 Å². The molecule has 0 aromatic rings. The summed E-state index contributed by atoms with van der Waals surface area (Å²) in [4.78, 5) is 27.2. The van der Waals surface area contributed by atoms with Crippen LogP contribution in [0, 0.1) is 16.2 Å². The number of amides is 2. The van der Waals surface area contributed by atoms with Crippen molar-refractivity contribution in [2.45, 2.75) is 158 Å². The van der Waals surface area contributed by atoms with Gasteiger partial charge in [0.25, 0.3) is 0 Å². The third-order valence-corrected chi connectivity index (χ3v) is 7.22. The van der Waals surface area contributed by atoms with Crippen molar-refractivity contribution in [3.63, 3.8) is 0 Å². The van der Waals surface area contributed by atoms with Gasteiger partial charge in [0.05, 0.1) is 23.3 Å². The van der Waals surface area contributed by atoms with Crippen LogP contribution in [0.3, 0.4) is 0 Å². The van der Waals surface area contributed by atoms with E-state index in [2.05, 4.69) is 10.6 Å². The molecule has 208 valence electrons. The molecule has 0 saturated heterocycles. The van der Waals surface area contributed by atoms with Gasteiger partial charge in [0.15, 0.2) is 0 Å². The molecule has 6 heteroatoms. The van der Waals surface area contributed by atoms with E-state index in [0.717, 1.165) is 25.7 Å². The molecule has 0 aliphatic rings. The van der Waals surface area contributed by atoms with Gasteiger partial charge in [-0.25, -0.2) is 0 Å². The summed E-state index contributed by atoms with van der Waals surface area (Å²) in [6.07, 6.45) is 5.47. The second-order valence-electron chi connectivity index (χ2n) is 13.4. The highest BCUT2D eigenvalue weighted by atomic mass is 16.3. The van der Waals surface area contributed by atoms with Gasteiger partial charge in [-0.3, -0.25) is 9.59 Å². The van der Waals surface area contributed by atoms with E-state index >= 15 is 0 Å². The Bertz CT molecular complexity index is 605. The van der Waals surface area contributed by atoms with E-state index in [9.17, 15) is 19.8 Å². The van der Waals surface area contributed by atoms with Crippen molar-refractivity contribution >= 4 is 11.8 Å². The predicted octanol–water partition coefficient (Wildman–Crippen LogP) is 5.74. The molecule has 0 aromatic carbocycles. The van der Waals surface area contributed by atoms with E-state index < -0.39 is 51.3 Å². The van der Waals surface area contributed by atoms with Crippen LogP contribution in [0.2, 0.25) is 0 Å². The maximum absolute atomic E-state index is 13.6. The molecule has 2 amide bonds. The van der Waals surface area contributed by atoms with Crippen LogP contribution >= 0.6 is 0 Å². The van der Waals surface area contributed by atoms with E-state index in [1.54, 1.807) is 13.8 Å². The van der Waals surface area contributed by atoms with E-state index in [-0.39, 0.29) is 0 Å². The summed E-state index contributed by atoms with van der Waals surface area (Å²) < 4.78 is 0. The van der Waals surface area contributed by atoms with E-state index in [1.807, 2.05) is 69.2 Å². The van der Waals surface area contributed by atoms with Crippen molar-refractivity contribution in [2.75, 3.05) is 0 Å². The number of carbonyl (C=O) groups is 2. The van der Waals surface area contributed by atoms with Gasteiger partial charge < -0.3 is 20.8 Å². The van der Waals surface area contributed by atoms with Crippen molar-refractivity contribution in [1.29, 1.82) is 0 Å². The lowest BCUT2D eigenvalue weighted by Crippen LogP contribution is -2.64. The molecule has 0 radical (unpaired) electrons. The molecule has 0 aliphatic heterocycles. The summed E-state index contributed by atoms with van der Waals surface area (Å²) in [6, 6.07) is -1.02. The Balaban J connectivity index is 6.12. The van der Waals surface area contributed by atoms with Crippen LogP contribution in [0.25, 0.3) is 0 Å². The zero-order chi connectivity index (χ0) is 27.9. The zero-order valence-corrected chi connectivity index (χ0v) is 25.0. The average molecular weight is 499 g/mol. The van der Waals surface area contributed by atoms with Crippen LogP contribution < -0.4 is 10.6 Å². The van der Waals surface area contributed by atoms with Crippen molar-refractivity contribution in [3.05, 3.63) is 0 Å². The van der Waals surface area contributed by atoms with E-state index in [4.69, 9.17) is 0 Å². The van der Waals surface area contributed by atoms with Crippen molar-refractivity contribution in [1.82, 2.24) is 10.6 Å². The van der Waals surface area contributed by atoms with Gasteiger partial charge >= 0.3 is 0 Å². The first-order valence-corrected chi connectivity index (χ1v) is 13.8. The lowest BCUT2D eigenvalue weighted by molar-refractivity contribution is -0.148. The highest BCUT2D eigenvalue weighted by Gasteiger charge is 2.49. The minimum Gasteiger partial charge on any atom is -0.388 e. The fourth-order valence-corrected chi connectivity index (χ4v) is 5.60. The maximum Gasteiger partial charge on any atom is 0.235 e. The molecular weight excluding hydrogens is 440 g/mol. The minimum atomic E-state index is -1.38. The SMILES string of the molecule is CCCC(O)(CCC)C(NC(=O)C(C)(C)C(=O)NC(C(C)(C)C)C(O)(CCC)CCC)C(C)(C)C. The fraction of sp³-hybridized carbons (Fsp3) is 0.931. The molecule has 0 bridgehead atoms. The third kappa shape index (κ3) is 9.03. The lowest BCUT2D eigenvalue weighted by Gasteiger charge is -2.46. The van der Waals surface area contributed by atoms with Crippen molar-refractivity contribution in [2.24, 2.45) is 16.2 Å². The van der Waals surface area contributed by atoms with Gasteiger partial charge in [-0.15, -0.1) is 0 Å². The Labute approximate surface area is 216 Å². The molecule has 0 saturated carbocycles. The van der Waals surface area contributed by atoms with Gasteiger partial charge in [-0.05, 0) is 50.4 Å². The number of carbonyl (C=O) groups excluding carboxylic acids is 2. The quantitative estimate of drug-likeness (QED) is 0.230. The number of hydrogen-bond acceptors (Lipinski definition) is 4. The molecule has 0 spiro atoms. The summed E-state index contributed by atoms with van der Waals surface area (Å²) in [7, 11) is 0. The second-order valence-corrected chi connectivity index (χ2v) is 13.4. The molecule has 0 aromatic heterocycles. The molecule has 6 nitrogen and oxygen atoms in total. The molecular formula is C29H58N2O4. The maximum atomic E-state index is 13.6. The highest BCUT2D eigenvalue weighted by Crippen LogP contribution is 2.37. The molecule has 0 rings (SSSR count). The summed E-state index contributed by atoms with van der Waals surface area (Å²) in [5, 5.41) is 29.3. The molecule has 2 atom stereocenters. The Morgan fingerprint density at radius 2 is 0.800 bits per heavy atom. The Morgan fingerprint density at radius 1 is 0.571 bits per heavy atom. The van der Waals surface area contributed by atoms with Crippen LogP contribution in [-0.2, 0) is 9.59 Å². The van der Waals surface area contributed by atoms with Gasteiger partial charge in [0.2, 0.25) is 11.8 Å². The number of rotatable bonds is 14. The van der Waals surface area contributed by atoms with Gasteiger partial charge in [0.1, 0.15) is 5.41 Å². The summed E-state index contributed by atoms with van der Waals surface area (Å²) in [6.45, 7) is 23.4. The normalized spacial score (nSPS) is 15.5. The van der Waals surface area contributed by atoms with Crippen molar-refractivity contribution in [3.8, 4) is 0 Å². The summed E-state index contributed by atoms with van der Waals surface area (Å²) in [5.41, 5.74) is -4.30. The van der Waals surface area contributed by atoms with Crippen LogP contribution in [0.4, 0.5) is 0 Å². The van der Waals surface area contributed by atoms with Crippen LogP contribution in [0.1, 0.15) is 134 Å². The second kappa shape index (κ2) is 12.9. The first-order valence-electron chi connectivity index (χ1n) is 13.8. The van der Waals surface area contributed by atoms with Gasteiger partial charge in [0, 0.05) is 0 Å². The molecule has 0 heterocycles. The number of nitrogens with one attached hydrogen (secondary N) is 2. The van der Waals surface area contributed by atoms with Crippen LogP contribution in [0.15, 0.2) is 0 Å². The van der Waals surface area contributed by atoms with Gasteiger partial charge in [-0.1, -0.05) is 94.9 Å². The standard InChI is InChI=1S/C29H58N2O4/c1-13-17-28(34,18-14-2)21(25(5,6)7)30-23(32)27(11,12)24(33)31-22(26(8,9)10)29(35,19-15-3)20-16-4/h21-22,34-35H,13-20H2,1-12H3,(H,30,32)(H,31,33). The smallest absolute Gasteiger partial charge is 0.235 e. The molecule has 0 aliphatic carbocycles.